The third kappa shape index (κ3) is 6.66. The van der Waals surface area contributed by atoms with Gasteiger partial charge >= 0.3 is 6.03 Å². The molecule has 3 rings (SSSR count). The van der Waals surface area contributed by atoms with Crippen LogP contribution >= 0.6 is 11.6 Å². The van der Waals surface area contributed by atoms with Gasteiger partial charge in [-0.15, -0.1) is 0 Å². The van der Waals surface area contributed by atoms with Gasteiger partial charge in [-0.05, 0) is 43.5 Å². The number of nitrogens with one attached hydrogen (secondary N) is 2. The molecule has 1 aromatic heterocycles. The Hall–Kier alpha value is -3.32. The standard InChI is InChI=1S/C28H36ClN5O2/c1-7-8-16-33(27(36)31-26-19(2)12-11-13-20(26)3)18-25(35)30-24-17-23(28(4,5)6)32-34(24)22-15-10-9-14-21(22)29/h9-15,17H,7-8,16,18H2,1-6H3,(H,30,35)(H,31,36). The second kappa shape index (κ2) is 11.6. The van der Waals surface area contributed by atoms with Gasteiger partial charge in [-0.2, -0.15) is 5.10 Å². The fraction of sp³-hybridized carbons (Fsp3) is 0.393. The Bertz CT molecular complexity index is 1210. The summed E-state index contributed by atoms with van der Waals surface area (Å²) in [6.07, 6.45) is 1.70. The van der Waals surface area contributed by atoms with Crippen LogP contribution in [0.2, 0.25) is 5.02 Å². The average molecular weight is 510 g/mol. The van der Waals surface area contributed by atoms with E-state index in [1.54, 1.807) is 15.6 Å². The normalized spacial score (nSPS) is 11.3. The molecular formula is C28H36ClN5O2. The van der Waals surface area contributed by atoms with Crippen LogP contribution in [0.15, 0.2) is 48.5 Å². The predicted molar refractivity (Wildman–Crippen MR) is 147 cm³/mol. The van der Waals surface area contributed by atoms with E-state index >= 15 is 0 Å². The fourth-order valence-electron chi connectivity index (χ4n) is 3.80. The van der Waals surface area contributed by atoms with Crippen molar-refractivity contribution >= 4 is 35.0 Å². The Balaban J connectivity index is 1.84. The Kier molecular flexibility index (Phi) is 8.79. The molecule has 0 spiro atoms. The molecule has 2 N–H and O–H groups in total. The van der Waals surface area contributed by atoms with Crippen LogP contribution in [0.25, 0.3) is 5.69 Å². The fourth-order valence-corrected chi connectivity index (χ4v) is 4.01. The summed E-state index contributed by atoms with van der Waals surface area (Å²) in [7, 11) is 0. The molecule has 0 bridgehead atoms. The molecule has 192 valence electrons. The van der Waals surface area contributed by atoms with Crippen molar-refractivity contribution in [3.8, 4) is 5.69 Å². The number of aromatic nitrogens is 2. The summed E-state index contributed by atoms with van der Waals surface area (Å²) in [5, 5.41) is 11.2. The maximum atomic E-state index is 13.2. The summed E-state index contributed by atoms with van der Waals surface area (Å²) in [6.45, 7) is 12.5. The largest absolute Gasteiger partial charge is 0.322 e. The molecular weight excluding hydrogens is 474 g/mol. The average Bonchev–Trinajstić information content (AvgIpc) is 3.23. The zero-order valence-electron chi connectivity index (χ0n) is 22.0. The van der Waals surface area contributed by atoms with Crippen molar-refractivity contribution in [3.05, 3.63) is 70.4 Å². The number of hydrogen-bond donors (Lipinski definition) is 2. The van der Waals surface area contributed by atoms with Crippen molar-refractivity contribution in [1.29, 1.82) is 0 Å². The van der Waals surface area contributed by atoms with Crippen LogP contribution in [0, 0.1) is 13.8 Å². The zero-order chi connectivity index (χ0) is 26.5. The molecule has 0 aliphatic carbocycles. The van der Waals surface area contributed by atoms with Crippen LogP contribution in [0.3, 0.4) is 0 Å². The minimum absolute atomic E-state index is 0.0880. The molecule has 7 nitrogen and oxygen atoms in total. The molecule has 3 aromatic rings. The number of urea groups is 1. The summed E-state index contributed by atoms with van der Waals surface area (Å²) in [5.41, 5.74) is 3.97. The van der Waals surface area contributed by atoms with Crippen LogP contribution in [0.1, 0.15) is 57.4 Å². The van der Waals surface area contributed by atoms with Gasteiger partial charge in [-0.3, -0.25) is 4.79 Å². The second-order valence-corrected chi connectivity index (χ2v) is 10.5. The quantitative estimate of drug-likeness (QED) is 0.354. The number of benzene rings is 2. The Morgan fingerprint density at radius 1 is 1.03 bits per heavy atom. The molecule has 0 unspecified atom stereocenters. The predicted octanol–water partition coefficient (Wildman–Crippen LogP) is 6.71. The lowest BCUT2D eigenvalue weighted by atomic mass is 9.92. The monoisotopic (exact) mass is 509 g/mol. The first-order chi connectivity index (χ1) is 17.0. The van der Waals surface area contributed by atoms with Gasteiger partial charge in [-0.25, -0.2) is 9.48 Å². The molecule has 0 aliphatic rings. The van der Waals surface area contributed by atoms with Crippen molar-refractivity contribution < 1.29 is 9.59 Å². The number of amides is 3. The highest BCUT2D eigenvalue weighted by atomic mass is 35.5. The summed E-state index contributed by atoms with van der Waals surface area (Å²) in [6, 6.07) is 14.8. The summed E-state index contributed by atoms with van der Waals surface area (Å²) >= 11 is 6.44. The first-order valence-electron chi connectivity index (χ1n) is 12.3. The molecule has 0 fully saturated rings. The van der Waals surface area contributed by atoms with E-state index in [0.717, 1.165) is 35.3 Å². The van der Waals surface area contributed by atoms with Crippen molar-refractivity contribution in [2.45, 2.75) is 59.8 Å². The van der Waals surface area contributed by atoms with Gasteiger partial charge in [0.1, 0.15) is 12.4 Å². The Morgan fingerprint density at radius 2 is 1.69 bits per heavy atom. The summed E-state index contributed by atoms with van der Waals surface area (Å²) in [5.74, 6) is 0.194. The molecule has 3 amide bonds. The highest BCUT2D eigenvalue weighted by Gasteiger charge is 2.24. The molecule has 0 atom stereocenters. The first kappa shape index (κ1) is 27.3. The lowest BCUT2D eigenvalue weighted by molar-refractivity contribution is -0.116. The van der Waals surface area contributed by atoms with Gasteiger partial charge in [-0.1, -0.05) is 76.0 Å². The van der Waals surface area contributed by atoms with E-state index < -0.39 is 0 Å². The van der Waals surface area contributed by atoms with Crippen molar-refractivity contribution in [2.24, 2.45) is 0 Å². The van der Waals surface area contributed by atoms with Crippen LogP contribution in [0.4, 0.5) is 16.3 Å². The highest BCUT2D eigenvalue weighted by Crippen LogP contribution is 2.29. The lowest BCUT2D eigenvalue weighted by Crippen LogP contribution is -2.41. The molecule has 36 heavy (non-hydrogen) atoms. The molecule has 0 aliphatic heterocycles. The third-order valence-electron chi connectivity index (χ3n) is 5.94. The number of hydrogen-bond acceptors (Lipinski definition) is 3. The topological polar surface area (TPSA) is 79.3 Å². The number of unbranched alkanes of at least 4 members (excludes halogenated alkanes) is 1. The van der Waals surface area contributed by atoms with Crippen molar-refractivity contribution in [2.75, 3.05) is 23.7 Å². The van der Waals surface area contributed by atoms with E-state index in [1.807, 2.05) is 56.3 Å². The van der Waals surface area contributed by atoms with Crippen LogP contribution < -0.4 is 10.6 Å². The van der Waals surface area contributed by atoms with Crippen molar-refractivity contribution in [3.63, 3.8) is 0 Å². The minimum atomic E-state index is -0.309. The summed E-state index contributed by atoms with van der Waals surface area (Å²) in [4.78, 5) is 27.9. The number of nitrogens with zero attached hydrogens (tertiary/aromatic N) is 3. The van der Waals surface area contributed by atoms with Gasteiger partial charge in [0.25, 0.3) is 0 Å². The molecule has 2 aromatic carbocycles. The van der Waals surface area contributed by atoms with Crippen LogP contribution in [-0.4, -0.2) is 39.7 Å². The molecule has 0 radical (unpaired) electrons. The molecule has 8 heteroatoms. The van der Waals surface area contributed by atoms with Crippen LogP contribution in [-0.2, 0) is 10.2 Å². The SMILES string of the molecule is CCCCN(CC(=O)Nc1cc(C(C)(C)C)nn1-c1ccccc1Cl)C(=O)Nc1c(C)cccc1C. The number of para-hydroxylation sites is 2. The smallest absolute Gasteiger partial charge is 0.315 e. The van der Waals surface area contributed by atoms with Gasteiger partial charge in [0.15, 0.2) is 0 Å². The Morgan fingerprint density at radius 3 is 2.31 bits per heavy atom. The van der Waals surface area contributed by atoms with E-state index in [-0.39, 0.29) is 23.9 Å². The minimum Gasteiger partial charge on any atom is -0.315 e. The highest BCUT2D eigenvalue weighted by molar-refractivity contribution is 6.32. The molecule has 0 saturated carbocycles. The second-order valence-electron chi connectivity index (χ2n) is 10.0. The number of carbonyl (C=O) groups is 2. The lowest BCUT2D eigenvalue weighted by Gasteiger charge is -2.23. The number of anilines is 2. The van der Waals surface area contributed by atoms with Gasteiger partial charge in [0, 0.05) is 23.7 Å². The first-order valence-corrected chi connectivity index (χ1v) is 12.7. The van der Waals surface area contributed by atoms with E-state index in [0.29, 0.717) is 23.1 Å². The summed E-state index contributed by atoms with van der Waals surface area (Å²) < 4.78 is 1.65. The van der Waals surface area contributed by atoms with E-state index in [2.05, 4.69) is 38.3 Å². The number of halogens is 1. The molecule has 0 saturated heterocycles. The van der Waals surface area contributed by atoms with Gasteiger partial charge < -0.3 is 15.5 Å². The van der Waals surface area contributed by atoms with Crippen molar-refractivity contribution in [1.82, 2.24) is 14.7 Å². The van der Waals surface area contributed by atoms with Crippen LogP contribution in [0.5, 0.6) is 0 Å². The number of carbonyl (C=O) groups excluding carboxylic acids is 2. The molecule has 1 heterocycles. The van der Waals surface area contributed by atoms with E-state index in [1.165, 1.54) is 0 Å². The maximum Gasteiger partial charge on any atom is 0.322 e. The van der Waals surface area contributed by atoms with Gasteiger partial charge in [0.2, 0.25) is 5.91 Å². The zero-order valence-corrected chi connectivity index (χ0v) is 22.7. The number of rotatable bonds is 8. The van der Waals surface area contributed by atoms with Gasteiger partial charge in [0.05, 0.1) is 16.4 Å². The van der Waals surface area contributed by atoms with E-state index in [4.69, 9.17) is 16.7 Å². The maximum absolute atomic E-state index is 13.2. The third-order valence-corrected chi connectivity index (χ3v) is 6.26. The van der Waals surface area contributed by atoms with E-state index in [9.17, 15) is 9.59 Å². The Labute approximate surface area is 218 Å². The number of aryl methyl sites for hydroxylation is 2.